The second-order valence-electron chi connectivity index (χ2n) is 7.73. The van der Waals surface area contributed by atoms with Crippen LogP contribution in [0, 0.1) is 0 Å². The molecule has 2 atom stereocenters. The fourth-order valence-electron chi connectivity index (χ4n) is 3.95. The number of carbonyl (C=O) groups excluding carboxylic acids is 2. The molecule has 0 saturated heterocycles. The Hall–Kier alpha value is -3.26. The van der Waals surface area contributed by atoms with Crippen molar-refractivity contribution in [1.82, 2.24) is 10.6 Å². The van der Waals surface area contributed by atoms with Crippen molar-refractivity contribution in [2.24, 2.45) is 0 Å². The summed E-state index contributed by atoms with van der Waals surface area (Å²) in [5.74, 6) is -1.20. The first kappa shape index (κ1) is 24.4. The van der Waals surface area contributed by atoms with E-state index in [-0.39, 0.29) is 18.9 Å². The predicted molar refractivity (Wildman–Crippen MR) is 129 cm³/mol. The van der Waals surface area contributed by atoms with E-state index in [2.05, 4.69) is 29.3 Å². The van der Waals surface area contributed by atoms with Gasteiger partial charge in [0.2, 0.25) is 5.91 Å². The molecule has 0 bridgehead atoms. The van der Waals surface area contributed by atoms with E-state index in [9.17, 15) is 19.5 Å². The highest BCUT2D eigenvalue weighted by Crippen LogP contribution is 2.44. The molecule has 1 unspecified atom stereocenters. The Morgan fingerprint density at radius 3 is 2.21 bits per heavy atom. The molecule has 0 heterocycles. The molecule has 8 heteroatoms. The molecule has 1 aliphatic carbocycles. The monoisotopic (exact) mass is 468 g/mol. The van der Waals surface area contributed by atoms with E-state index < -0.39 is 30.1 Å². The fourth-order valence-corrected chi connectivity index (χ4v) is 4.42. The van der Waals surface area contributed by atoms with Crippen molar-refractivity contribution in [3.8, 4) is 11.1 Å². The van der Waals surface area contributed by atoms with Crippen LogP contribution in [0.1, 0.15) is 29.9 Å². The number of benzene rings is 2. The molecule has 174 valence electrons. The van der Waals surface area contributed by atoms with E-state index >= 15 is 0 Å². The lowest BCUT2D eigenvalue weighted by Crippen LogP contribution is -2.51. The van der Waals surface area contributed by atoms with Crippen LogP contribution in [0.5, 0.6) is 0 Å². The summed E-state index contributed by atoms with van der Waals surface area (Å²) in [5, 5.41) is 14.4. The summed E-state index contributed by atoms with van der Waals surface area (Å²) in [4.78, 5) is 36.6. The minimum absolute atomic E-state index is 0.0846. The lowest BCUT2D eigenvalue weighted by molar-refractivity contribution is -0.142. The molecule has 0 aromatic heterocycles. The number of ether oxygens (including phenoxy) is 1. The van der Waals surface area contributed by atoms with Gasteiger partial charge in [0.1, 0.15) is 18.7 Å². The van der Waals surface area contributed by atoms with Crippen molar-refractivity contribution in [2.45, 2.75) is 30.8 Å². The Labute approximate surface area is 197 Å². The van der Waals surface area contributed by atoms with Gasteiger partial charge in [0.05, 0.1) is 0 Å². The Bertz CT molecular complexity index is 980. The van der Waals surface area contributed by atoms with Gasteiger partial charge in [0.25, 0.3) is 0 Å². The van der Waals surface area contributed by atoms with Crippen molar-refractivity contribution in [3.05, 3.63) is 72.3 Å². The van der Waals surface area contributed by atoms with Gasteiger partial charge in [0, 0.05) is 5.92 Å². The number of aliphatic carboxylic acids is 1. The summed E-state index contributed by atoms with van der Waals surface area (Å²) >= 11 is 1.52. The summed E-state index contributed by atoms with van der Waals surface area (Å²) in [6.07, 6.45) is 3.03. The first-order valence-corrected chi connectivity index (χ1v) is 12.1. The van der Waals surface area contributed by atoms with Crippen LogP contribution in [0.3, 0.4) is 0 Å². The van der Waals surface area contributed by atoms with Crippen molar-refractivity contribution in [3.63, 3.8) is 0 Å². The van der Waals surface area contributed by atoms with Crippen LogP contribution in [0.2, 0.25) is 0 Å². The molecule has 1 aliphatic rings. The molecule has 33 heavy (non-hydrogen) atoms. The molecule has 0 saturated carbocycles. The minimum atomic E-state index is -1.16. The van der Waals surface area contributed by atoms with Gasteiger partial charge in [-0.15, -0.1) is 6.58 Å². The number of alkyl carbamates (subject to hydrolysis) is 1. The molecule has 0 radical (unpaired) electrons. The minimum Gasteiger partial charge on any atom is -0.480 e. The summed E-state index contributed by atoms with van der Waals surface area (Å²) < 4.78 is 5.53. The molecular weight excluding hydrogens is 440 g/mol. The van der Waals surface area contributed by atoms with Gasteiger partial charge in [-0.3, -0.25) is 4.79 Å². The van der Waals surface area contributed by atoms with Crippen molar-refractivity contribution < 1.29 is 24.2 Å². The summed E-state index contributed by atoms with van der Waals surface area (Å²) in [6.45, 7) is 3.65. The highest BCUT2D eigenvalue weighted by atomic mass is 32.2. The summed E-state index contributed by atoms with van der Waals surface area (Å²) in [7, 11) is 0. The number of rotatable bonds is 11. The van der Waals surface area contributed by atoms with Crippen LogP contribution in [-0.2, 0) is 14.3 Å². The lowest BCUT2D eigenvalue weighted by atomic mass is 9.98. The second kappa shape index (κ2) is 11.6. The van der Waals surface area contributed by atoms with Crippen molar-refractivity contribution in [1.29, 1.82) is 0 Å². The third kappa shape index (κ3) is 5.96. The maximum atomic E-state index is 12.7. The predicted octanol–water partition coefficient (Wildman–Crippen LogP) is 3.79. The highest BCUT2D eigenvalue weighted by Gasteiger charge is 2.30. The first-order valence-electron chi connectivity index (χ1n) is 10.7. The molecular formula is C25H28N2O5S. The number of carboxylic acids is 1. The van der Waals surface area contributed by atoms with E-state index in [1.54, 1.807) is 0 Å². The molecule has 0 aliphatic heterocycles. The van der Waals surface area contributed by atoms with E-state index in [1.165, 1.54) is 17.8 Å². The molecule has 0 fully saturated rings. The Morgan fingerprint density at radius 2 is 1.67 bits per heavy atom. The summed E-state index contributed by atoms with van der Waals surface area (Å²) in [6, 6.07) is 14.1. The Balaban J connectivity index is 1.65. The van der Waals surface area contributed by atoms with Gasteiger partial charge in [0.15, 0.2) is 0 Å². The molecule has 3 N–H and O–H groups in total. The average molecular weight is 469 g/mol. The molecule has 2 aromatic carbocycles. The third-order valence-corrected chi connectivity index (χ3v) is 6.22. The van der Waals surface area contributed by atoms with Crippen LogP contribution in [0.4, 0.5) is 4.79 Å². The van der Waals surface area contributed by atoms with Crippen LogP contribution >= 0.6 is 11.8 Å². The maximum Gasteiger partial charge on any atom is 0.407 e. The van der Waals surface area contributed by atoms with Gasteiger partial charge in [-0.05, 0) is 47.1 Å². The molecule has 0 spiro atoms. The van der Waals surface area contributed by atoms with Gasteiger partial charge < -0.3 is 20.5 Å². The zero-order valence-corrected chi connectivity index (χ0v) is 19.3. The molecule has 2 amide bonds. The fraction of sp³-hybridized carbons (Fsp3) is 0.320. The average Bonchev–Trinajstić information content (AvgIpc) is 3.13. The second-order valence-corrected chi connectivity index (χ2v) is 8.71. The molecule has 2 aromatic rings. The smallest absolute Gasteiger partial charge is 0.407 e. The number of amides is 2. The number of hydrogen-bond acceptors (Lipinski definition) is 5. The van der Waals surface area contributed by atoms with Gasteiger partial charge >= 0.3 is 12.1 Å². The summed E-state index contributed by atoms with van der Waals surface area (Å²) in [5.41, 5.74) is 4.44. The lowest BCUT2D eigenvalue weighted by Gasteiger charge is -2.21. The van der Waals surface area contributed by atoms with Crippen molar-refractivity contribution >= 4 is 29.7 Å². The van der Waals surface area contributed by atoms with Crippen LogP contribution in [-0.4, -0.2) is 53.8 Å². The number of carboxylic acid groups (broad SMARTS) is 1. The maximum absolute atomic E-state index is 12.7. The zero-order chi connectivity index (χ0) is 23.8. The van der Waals surface area contributed by atoms with Gasteiger partial charge in [-0.2, -0.15) is 11.8 Å². The largest absolute Gasteiger partial charge is 0.480 e. The highest BCUT2D eigenvalue weighted by molar-refractivity contribution is 7.98. The van der Waals surface area contributed by atoms with Crippen LogP contribution < -0.4 is 10.6 Å². The van der Waals surface area contributed by atoms with E-state index in [0.717, 1.165) is 22.3 Å². The third-order valence-electron chi connectivity index (χ3n) is 5.58. The normalized spacial score (nSPS) is 13.8. The van der Waals surface area contributed by atoms with E-state index in [0.29, 0.717) is 12.2 Å². The number of fused-ring (bicyclic) bond motifs is 3. The topological polar surface area (TPSA) is 105 Å². The Kier molecular flexibility index (Phi) is 8.54. The zero-order valence-electron chi connectivity index (χ0n) is 18.5. The van der Waals surface area contributed by atoms with E-state index in [4.69, 9.17) is 4.74 Å². The van der Waals surface area contributed by atoms with E-state index in [1.807, 2.05) is 42.7 Å². The molecule has 7 nitrogen and oxygen atoms in total. The SMILES string of the molecule is C=CCC(NC(=O)[C@H](CCSC)NC(=O)OCC1c2ccccc2-c2ccccc21)C(=O)O. The van der Waals surface area contributed by atoms with Crippen LogP contribution in [0.25, 0.3) is 11.1 Å². The number of hydrogen-bond donors (Lipinski definition) is 3. The van der Waals surface area contributed by atoms with Crippen LogP contribution in [0.15, 0.2) is 61.2 Å². The number of thioether (sulfide) groups is 1. The Morgan fingerprint density at radius 1 is 1.06 bits per heavy atom. The standard InChI is InChI=1S/C25H28N2O5S/c1-3-8-22(24(29)30)26-23(28)21(13-14-33-2)27-25(31)32-15-20-18-11-6-4-9-16(18)17-10-5-7-12-19(17)20/h3-7,9-12,20-22H,1,8,13-15H2,2H3,(H,26,28)(H,27,31)(H,29,30)/t21-,22?/m0/s1. The quantitative estimate of drug-likeness (QED) is 0.434. The first-order chi connectivity index (χ1) is 16.0. The van der Waals surface area contributed by atoms with Crippen molar-refractivity contribution in [2.75, 3.05) is 18.6 Å². The molecule has 3 rings (SSSR count). The van der Waals surface area contributed by atoms with Gasteiger partial charge in [-0.25, -0.2) is 9.59 Å². The number of nitrogens with one attached hydrogen (secondary N) is 2. The van der Waals surface area contributed by atoms with Gasteiger partial charge in [-0.1, -0.05) is 54.6 Å². The number of carbonyl (C=O) groups is 3.